The maximum Gasteiger partial charge on any atom is 0.222 e. The van der Waals surface area contributed by atoms with Crippen molar-refractivity contribution >= 4 is 23.6 Å². The number of aliphatic hydroxyl groups is 1. The number of pyridine rings is 1. The number of thioether (sulfide) groups is 1. The minimum Gasteiger partial charge on any atom is -0.396 e. The molecule has 3 N–H and O–H groups in total. The van der Waals surface area contributed by atoms with Crippen LogP contribution in [0.4, 0.5) is 0 Å². The number of amides is 2. The third-order valence-electron chi connectivity index (χ3n) is 12.8. The number of nitrogens with zero attached hydrogens (tertiary/aromatic N) is 1. The predicted octanol–water partition coefficient (Wildman–Crippen LogP) is 11.8. The van der Waals surface area contributed by atoms with E-state index in [1.807, 2.05) is 36.3 Å². The zero-order chi connectivity index (χ0) is 44.7. The molecular weight excluding hydrogens is 779 g/mol. The van der Waals surface area contributed by atoms with E-state index in [4.69, 9.17) is 14.6 Å². The molecule has 8 nitrogen and oxygen atoms in total. The summed E-state index contributed by atoms with van der Waals surface area (Å²) in [7, 11) is 0. The summed E-state index contributed by atoms with van der Waals surface area (Å²) in [5, 5.41) is 14.5. The first-order valence-electron chi connectivity index (χ1n) is 25.1. The number of fused-ring (bicyclic) bond motifs is 5. The molecule has 1 aromatic heterocycles. The Morgan fingerprint density at radius 1 is 0.803 bits per heavy atom. The van der Waals surface area contributed by atoms with Crippen LogP contribution in [0.25, 0.3) is 0 Å². The number of hydrogen-bond donors (Lipinski definition) is 3. The molecule has 1 aromatic rings. The first kappa shape index (κ1) is 55.2. The Bertz CT molecular complexity index is 1280. The lowest BCUT2D eigenvalue weighted by Crippen LogP contribution is -2.41. The average molecular weight is 872 g/mol. The van der Waals surface area contributed by atoms with Crippen LogP contribution in [0.2, 0.25) is 0 Å². The molecule has 4 aliphatic rings. The quantitative estimate of drug-likeness (QED) is 0.0742. The number of rotatable bonds is 23. The van der Waals surface area contributed by atoms with E-state index in [0.717, 1.165) is 79.3 Å². The largest absolute Gasteiger partial charge is 0.396 e. The van der Waals surface area contributed by atoms with E-state index in [9.17, 15) is 9.59 Å². The van der Waals surface area contributed by atoms with E-state index >= 15 is 0 Å². The lowest BCUT2D eigenvalue weighted by atomic mass is 9.57. The Morgan fingerprint density at radius 3 is 2.23 bits per heavy atom. The van der Waals surface area contributed by atoms with Gasteiger partial charge in [-0.1, -0.05) is 105 Å². The van der Waals surface area contributed by atoms with Crippen molar-refractivity contribution in [3.05, 3.63) is 41.7 Å². The fraction of sp³-hybridized carbons (Fsp3) is 0.827. The lowest BCUT2D eigenvalue weighted by Gasteiger charge is -2.49. The van der Waals surface area contributed by atoms with Crippen molar-refractivity contribution in [2.24, 2.45) is 41.4 Å². The van der Waals surface area contributed by atoms with Crippen molar-refractivity contribution < 1.29 is 24.2 Å². The summed E-state index contributed by atoms with van der Waals surface area (Å²) in [6.45, 7) is 20.1. The van der Waals surface area contributed by atoms with Gasteiger partial charge in [-0.15, -0.1) is 0 Å². The van der Waals surface area contributed by atoms with E-state index in [0.29, 0.717) is 38.1 Å². The fourth-order valence-electron chi connectivity index (χ4n) is 9.50. The Labute approximate surface area is 379 Å². The summed E-state index contributed by atoms with van der Waals surface area (Å²) in [5.41, 5.74) is 2.98. The van der Waals surface area contributed by atoms with Crippen molar-refractivity contribution in [3.63, 3.8) is 0 Å². The molecule has 1 heterocycles. The molecule has 3 fully saturated rings. The number of hydrogen-bond acceptors (Lipinski definition) is 7. The molecule has 0 radical (unpaired) electrons. The van der Waals surface area contributed by atoms with Gasteiger partial charge in [0.15, 0.2) is 0 Å². The highest BCUT2D eigenvalue weighted by Crippen LogP contribution is 2.56. The summed E-state index contributed by atoms with van der Waals surface area (Å²) in [4.78, 5) is 27.2. The van der Waals surface area contributed by atoms with Gasteiger partial charge in [-0.3, -0.25) is 14.6 Å². The molecule has 9 heteroatoms. The molecule has 0 aliphatic heterocycles. The minimum absolute atomic E-state index is 0.0887. The van der Waals surface area contributed by atoms with Gasteiger partial charge in [0.2, 0.25) is 11.8 Å². The van der Waals surface area contributed by atoms with Gasteiger partial charge in [0.05, 0.1) is 25.4 Å². The van der Waals surface area contributed by atoms with E-state index in [1.54, 1.807) is 5.57 Å². The second-order valence-corrected chi connectivity index (χ2v) is 20.3. The number of aromatic nitrogens is 1. The summed E-state index contributed by atoms with van der Waals surface area (Å²) in [5.74, 6) is 8.38. The van der Waals surface area contributed by atoms with Gasteiger partial charge in [-0.2, -0.15) is 11.8 Å². The number of unbranched alkanes of at least 4 members (excludes halogenated alkanes) is 2. The molecule has 0 aromatic carbocycles. The van der Waals surface area contributed by atoms with Crippen LogP contribution in [0.5, 0.6) is 0 Å². The van der Waals surface area contributed by atoms with Crippen LogP contribution in [-0.2, 0) is 25.5 Å². The van der Waals surface area contributed by atoms with Crippen LogP contribution < -0.4 is 10.6 Å². The maximum atomic E-state index is 11.8. The van der Waals surface area contributed by atoms with Gasteiger partial charge in [0.25, 0.3) is 0 Å². The first-order valence-corrected chi connectivity index (χ1v) is 26.2. The van der Waals surface area contributed by atoms with Crippen LogP contribution in [0, 0.1) is 41.4 Å². The Kier molecular flexibility index (Phi) is 31.2. The number of ether oxygens (including phenoxy) is 2. The molecule has 7 atom stereocenters. The number of aryl methyl sites for hydroxylation is 1. The molecule has 0 bridgehead atoms. The molecule has 3 saturated carbocycles. The van der Waals surface area contributed by atoms with Crippen molar-refractivity contribution in [2.45, 2.75) is 190 Å². The smallest absolute Gasteiger partial charge is 0.222 e. The Morgan fingerprint density at radius 2 is 1.52 bits per heavy atom. The molecule has 352 valence electrons. The van der Waals surface area contributed by atoms with Gasteiger partial charge < -0.3 is 25.2 Å². The molecular formula is C52H93N3O5S. The number of nitrogens with one attached hydrogen (secondary N) is 2. The van der Waals surface area contributed by atoms with Gasteiger partial charge >= 0.3 is 0 Å². The summed E-state index contributed by atoms with van der Waals surface area (Å²) in [6.07, 6.45) is 29.7. The molecule has 5 rings (SSSR count). The van der Waals surface area contributed by atoms with Gasteiger partial charge in [-0.25, -0.2) is 0 Å². The molecule has 61 heavy (non-hydrogen) atoms. The maximum absolute atomic E-state index is 11.8. The number of carbonyl (C=O) groups excluding carboxylic acids is 2. The summed E-state index contributed by atoms with van der Waals surface area (Å²) < 4.78 is 11.8. The van der Waals surface area contributed by atoms with Crippen molar-refractivity contribution in [1.29, 1.82) is 0 Å². The third kappa shape index (κ3) is 24.6. The van der Waals surface area contributed by atoms with Crippen LogP contribution in [-0.4, -0.2) is 78.5 Å². The second-order valence-electron chi connectivity index (χ2n) is 19.0. The Balaban J connectivity index is 0.000000340. The average Bonchev–Trinajstić information content (AvgIpc) is 3.73. The standard InChI is InChI=1S/C22H35NO3.C19H32N2O2S.C8H18.C3H8/c24-12-10-22(25)23-11-13-26-17-6-9-19-16(14-17)5-8-20-18-3-1-2-15(18)4-7-21(19)20;1-16(2)7-13-23-17(3)4-12-21-19(22)9-15-24-14-8-18-5-10-20-11-6-18;1-4-5-6-7-8(2)3;1-3-2/h5,15,17-21,24H,1-4,6-14H2,(H,23,25);5-6,10-11,16-17H,4,7-9,12-15H2,1-3H3,(H,21,22);8H,4-7H2,1-3H3;3H2,1-2H3/t15?,17-,18?,19?,20?,21?;;;/m0.../s1. The third-order valence-corrected chi connectivity index (χ3v) is 13.8. The summed E-state index contributed by atoms with van der Waals surface area (Å²) >= 11 is 1.82. The van der Waals surface area contributed by atoms with Crippen molar-refractivity contribution in [1.82, 2.24) is 15.6 Å². The SMILES string of the molecule is CC(C)CCOC(C)CCNC(=O)CCSCCc1ccncc1.CCC.CCCCCC(C)C.O=C(CCO)NCCO[C@H]1CCC2C(=CCC3C4CCCC4CCC23)C1. The van der Waals surface area contributed by atoms with E-state index in [-0.39, 0.29) is 30.9 Å². The molecule has 2 amide bonds. The number of carbonyl (C=O) groups is 2. The van der Waals surface area contributed by atoms with E-state index < -0.39 is 0 Å². The molecule has 4 aliphatic carbocycles. The van der Waals surface area contributed by atoms with E-state index in [1.165, 1.54) is 89.0 Å². The van der Waals surface area contributed by atoms with Gasteiger partial charge in [-0.05, 0) is 136 Å². The van der Waals surface area contributed by atoms with Gasteiger partial charge in [0.1, 0.15) is 0 Å². The minimum atomic E-state index is -0.0941. The molecule has 0 saturated heterocycles. The second kappa shape index (κ2) is 34.5. The zero-order valence-electron chi connectivity index (χ0n) is 40.4. The van der Waals surface area contributed by atoms with Crippen molar-refractivity contribution in [3.8, 4) is 0 Å². The first-order chi connectivity index (χ1) is 29.5. The van der Waals surface area contributed by atoms with Crippen LogP contribution in [0.3, 0.4) is 0 Å². The number of aliphatic hydroxyl groups excluding tert-OH is 1. The Hall–Kier alpha value is -1.94. The fourth-order valence-corrected chi connectivity index (χ4v) is 10.4. The topological polar surface area (TPSA) is 110 Å². The molecule has 0 spiro atoms. The normalized spacial score (nSPS) is 23.0. The zero-order valence-corrected chi connectivity index (χ0v) is 41.2. The molecule has 6 unspecified atom stereocenters. The highest BCUT2D eigenvalue weighted by molar-refractivity contribution is 7.99. The van der Waals surface area contributed by atoms with Gasteiger partial charge in [0, 0.05) is 50.7 Å². The summed E-state index contributed by atoms with van der Waals surface area (Å²) in [6, 6.07) is 4.08. The van der Waals surface area contributed by atoms with Crippen LogP contribution in [0.15, 0.2) is 36.2 Å². The highest BCUT2D eigenvalue weighted by Gasteiger charge is 2.47. The van der Waals surface area contributed by atoms with Crippen LogP contribution >= 0.6 is 11.8 Å². The van der Waals surface area contributed by atoms with E-state index in [2.05, 4.69) is 77.1 Å². The predicted molar refractivity (Wildman–Crippen MR) is 259 cm³/mol. The van der Waals surface area contributed by atoms with Crippen LogP contribution in [0.1, 0.15) is 177 Å². The van der Waals surface area contributed by atoms with Crippen molar-refractivity contribution in [2.75, 3.05) is 44.4 Å². The lowest BCUT2D eigenvalue weighted by molar-refractivity contribution is -0.122. The number of allylic oxidation sites excluding steroid dienone is 1. The monoisotopic (exact) mass is 872 g/mol. The highest BCUT2D eigenvalue weighted by atomic mass is 32.2.